The molecule has 18 heavy (non-hydrogen) atoms. The number of hydrogen-bond donors (Lipinski definition) is 0. The summed E-state index contributed by atoms with van der Waals surface area (Å²) >= 11 is 0. The van der Waals surface area contributed by atoms with E-state index in [1.54, 1.807) is 36.4 Å². The number of nitrogens with zero attached hydrogens (tertiary/aromatic N) is 1. The van der Waals surface area contributed by atoms with Crippen molar-refractivity contribution < 1.29 is 13.9 Å². The largest absolute Gasteiger partial charge is 0.484 e. The Balaban J connectivity index is 2.09. The summed E-state index contributed by atoms with van der Waals surface area (Å²) in [5, 5.41) is 0. The SMILES string of the molecule is CC(=O)c1cccc(COc2ccccc2F)n1. The fraction of sp³-hybridized carbons (Fsp3) is 0.143. The minimum Gasteiger partial charge on any atom is -0.484 e. The Hall–Kier alpha value is -2.23. The Morgan fingerprint density at radius 3 is 2.72 bits per heavy atom. The molecule has 0 atom stereocenters. The average Bonchev–Trinajstić information content (AvgIpc) is 2.38. The zero-order valence-electron chi connectivity index (χ0n) is 9.89. The number of ether oxygens (including phenoxy) is 1. The van der Waals surface area contributed by atoms with Gasteiger partial charge in [0.2, 0.25) is 0 Å². The number of para-hydroxylation sites is 1. The summed E-state index contributed by atoms with van der Waals surface area (Å²) in [6.45, 7) is 1.58. The number of Topliss-reactive ketones (excluding diaryl/α,β-unsaturated/α-hetero) is 1. The molecule has 0 amide bonds. The first-order valence-corrected chi connectivity index (χ1v) is 5.51. The van der Waals surface area contributed by atoms with E-state index in [1.807, 2.05) is 0 Å². The first kappa shape index (κ1) is 12.2. The first-order valence-electron chi connectivity index (χ1n) is 5.51. The van der Waals surface area contributed by atoms with Crippen LogP contribution in [-0.4, -0.2) is 10.8 Å². The summed E-state index contributed by atoms with van der Waals surface area (Å²) < 4.78 is 18.6. The summed E-state index contributed by atoms with van der Waals surface area (Å²) in [5.41, 5.74) is 0.968. The molecule has 4 heteroatoms. The molecule has 0 radical (unpaired) electrons. The molecule has 0 saturated carbocycles. The standard InChI is InChI=1S/C14H12FNO2/c1-10(17)13-7-4-5-11(16-13)9-18-14-8-3-2-6-12(14)15/h2-8H,9H2,1H3. The highest BCUT2D eigenvalue weighted by Crippen LogP contribution is 2.16. The number of benzene rings is 1. The molecule has 0 unspecified atom stereocenters. The monoisotopic (exact) mass is 245 g/mol. The van der Waals surface area contributed by atoms with Crippen LogP contribution in [0.25, 0.3) is 0 Å². The molecule has 1 aromatic heterocycles. The van der Waals surface area contributed by atoms with Gasteiger partial charge in [-0.15, -0.1) is 0 Å². The van der Waals surface area contributed by atoms with Crippen molar-refractivity contribution in [3.63, 3.8) is 0 Å². The number of carbonyl (C=O) groups excluding carboxylic acids is 1. The second kappa shape index (κ2) is 5.40. The van der Waals surface area contributed by atoms with Crippen LogP contribution in [0.15, 0.2) is 42.5 Å². The molecule has 1 aromatic carbocycles. The van der Waals surface area contributed by atoms with Crippen LogP contribution in [0.3, 0.4) is 0 Å². The number of aromatic nitrogens is 1. The molecule has 0 saturated heterocycles. The van der Waals surface area contributed by atoms with E-state index in [4.69, 9.17) is 4.74 Å². The topological polar surface area (TPSA) is 39.2 Å². The third kappa shape index (κ3) is 2.91. The van der Waals surface area contributed by atoms with Crippen LogP contribution in [0, 0.1) is 5.82 Å². The van der Waals surface area contributed by atoms with Crippen molar-refractivity contribution in [3.05, 3.63) is 59.7 Å². The van der Waals surface area contributed by atoms with Gasteiger partial charge in [0.05, 0.1) is 5.69 Å². The Labute approximate surface area is 104 Å². The van der Waals surface area contributed by atoms with Crippen LogP contribution >= 0.6 is 0 Å². The maximum Gasteiger partial charge on any atom is 0.178 e. The van der Waals surface area contributed by atoms with E-state index in [0.717, 1.165) is 0 Å². The van der Waals surface area contributed by atoms with Crippen molar-refractivity contribution in [3.8, 4) is 5.75 Å². The molecule has 0 aliphatic rings. The zero-order chi connectivity index (χ0) is 13.0. The molecular weight excluding hydrogens is 233 g/mol. The van der Waals surface area contributed by atoms with Crippen molar-refractivity contribution in [1.29, 1.82) is 0 Å². The van der Waals surface area contributed by atoms with Crippen LogP contribution < -0.4 is 4.74 Å². The molecule has 2 aromatic rings. The van der Waals surface area contributed by atoms with Gasteiger partial charge in [0.15, 0.2) is 17.3 Å². The van der Waals surface area contributed by atoms with E-state index in [2.05, 4.69) is 4.98 Å². The van der Waals surface area contributed by atoms with Gasteiger partial charge in [-0.1, -0.05) is 18.2 Å². The predicted molar refractivity (Wildman–Crippen MR) is 65.0 cm³/mol. The van der Waals surface area contributed by atoms with E-state index in [-0.39, 0.29) is 18.1 Å². The lowest BCUT2D eigenvalue weighted by Gasteiger charge is -2.07. The highest BCUT2D eigenvalue weighted by atomic mass is 19.1. The number of halogens is 1. The Morgan fingerprint density at radius 2 is 2.00 bits per heavy atom. The normalized spacial score (nSPS) is 10.1. The van der Waals surface area contributed by atoms with Crippen LogP contribution in [0.4, 0.5) is 4.39 Å². The fourth-order valence-corrected chi connectivity index (χ4v) is 1.47. The minimum atomic E-state index is -0.416. The average molecular weight is 245 g/mol. The molecular formula is C14H12FNO2. The van der Waals surface area contributed by atoms with Crippen LogP contribution in [0.1, 0.15) is 23.1 Å². The predicted octanol–water partition coefficient (Wildman–Crippen LogP) is 3.00. The molecule has 0 aliphatic carbocycles. The van der Waals surface area contributed by atoms with Gasteiger partial charge in [-0.3, -0.25) is 4.79 Å². The molecule has 1 heterocycles. The van der Waals surface area contributed by atoms with Crippen molar-refractivity contribution >= 4 is 5.78 Å². The van der Waals surface area contributed by atoms with Crippen LogP contribution in [-0.2, 0) is 6.61 Å². The van der Waals surface area contributed by atoms with Gasteiger partial charge in [0.1, 0.15) is 12.3 Å². The summed E-state index contributed by atoms with van der Waals surface area (Å²) in [6.07, 6.45) is 0. The number of pyridine rings is 1. The van der Waals surface area contributed by atoms with Gasteiger partial charge in [-0.05, 0) is 24.3 Å². The Kier molecular flexibility index (Phi) is 3.67. The van der Waals surface area contributed by atoms with Gasteiger partial charge in [0.25, 0.3) is 0 Å². The lowest BCUT2D eigenvalue weighted by atomic mass is 10.2. The second-order valence-corrected chi connectivity index (χ2v) is 3.79. The lowest BCUT2D eigenvalue weighted by Crippen LogP contribution is -2.03. The second-order valence-electron chi connectivity index (χ2n) is 3.79. The summed E-state index contributed by atoms with van der Waals surface area (Å²) in [4.78, 5) is 15.3. The van der Waals surface area contributed by atoms with E-state index in [1.165, 1.54) is 13.0 Å². The molecule has 0 bridgehead atoms. The van der Waals surface area contributed by atoms with E-state index in [9.17, 15) is 9.18 Å². The zero-order valence-corrected chi connectivity index (χ0v) is 9.89. The Morgan fingerprint density at radius 1 is 1.22 bits per heavy atom. The molecule has 0 fully saturated rings. The van der Waals surface area contributed by atoms with Gasteiger partial charge in [-0.25, -0.2) is 9.37 Å². The first-order chi connectivity index (χ1) is 8.66. The quantitative estimate of drug-likeness (QED) is 0.777. The molecule has 0 N–H and O–H groups in total. The van der Waals surface area contributed by atoms with Gasteiger partial charge < -0.3 is 4.74 Å². The molecule has 2 rings (SSSR count). The van der Waals surface area contributed by atoms with Gasteiger partial charge in [-0.2, -0.15) is 0 Å². The maximum atomic E-state index is 13.3. The molecule has 0 spiro atoms. The number of rotatable bonds is 4. The molecule has 3 nitrogen and oxygen atoms in total. The van der Waals surface area contributed by atoms with E-state index < -0.39 is 5.82 Å². The highest BCUT2D eigenvalue weighted by Gasteiger charge is 2.05. The maximum absolute atomic E-state index is 13.3. The third-order valence-corrected chi connectivity index (χ3v) is 2.38. The summed E-state index contributed by atoms with van der Waals surface area (Å²) in [6, 6.07) is 11.2. The van der Waals surface area contributed by atoms with Crippen molar-refractivity contribution in [2.24, 2.45) is 0 Å². The lowest BCUT2D eigenvalue weighted by molar-refractivity contribution is 0.101. The van der Waals surface area contributed by atoms with Crippen LogP contribution in [0.5, 0.6) is 5.75 Å². The molecule has 92 valence electrons. The fourth-order valence-electron chi connectivity index (χ4n) is 1.47. The summed E-state index contributed by atoms with van der Waals surface area (Å²) in [5.74, 6) is -0.351. The minimum absolute atomic E-state index is 0.109. The molecule has 0 aliphatic heterocycles. The van der Waals surface area contributed by atoms with Gasteiger partial charge in [0, 0.05) is 6.92 Å². The third-order valence-electron chi connectivity index (χ3n) is 2.38. The number of ketones is 1. The number of carbonyl (C=O) groups is 1. The number of hydrogen-bond acceptors (Lipinski definition) is 3. The van der Waals surface area contributed by atoms with Crippen molar-refractivity contribution in [2.45, 2.75) is 13.5 Å². The van der Waals surface area contributed by atoms with Gasteiger partial charge >= 0.3 is 0 Å². The Bertz CT molecular complexity index is 569. The van der Waals surface area contributed by atoms with Crippen molar-refractivity contribution in [2.75, 3.05) is 0 Å². The smallest absolute Gasteiger partial charge is 0.178 e. The summed E-state index contributed by atoms with van der Waals surface area (Å²) in [7, 11) is 0. The van der Waals surface area contributed by atoms with E-state index in [0.29, 0.717) is 11.4 Å². The highest BCUT2D eigenvalue weighted by molar-refractivity contribution is 5.92. The van der Waals surface area contributed by atoms with E-state index >= 15 is 0 Å². The van der Waals surface area contributed by atoms with Crippen molar-refractivity contribution in [1.82, 2.24) is 4.98 Å². The van der Waals surface area contributed by atoms with Crippen LogP contribution in [0.2, 0.25) is 0 Å².